The van der Waals surface area contributed by atoms with Gasteiger partial charge in [0, 0.05) is 12.1 Å². The molecule has 2 N–H and O–H groups in total. The molecule has 2 aromatic rings. The molecule has 0 aliphatic carbocycles. The Morgan fingerprint density at radius 1 is 1.05 bits per heavy atom. The second kappa shape index (κ2) is 5.77. The van der Waals surface area contributed by atoms with E-state index >= 15 is 0 Å². The van der Waals surface area contributed by atoms with E-state index in [1.807, 2.05) is 26.0 Å². The highest BCUT2D eigenvalue weighted by molar-refractivity contribution is 5.45. The van der Waals surface area contributed by atoms with Gasteiger partial charge in [-0.2, -0.15) is 13.2 Å². The summed E-state index contributed by atoms with van der Waals surface area (Å²) < 4.78 is 43.8. The monoisotopic (exact) mass is 295 g/mol. The van der Waals surface area contributed by atoms with Gasteiger partial charge in [0.15, 0.2) is 0 Å². The van der Waals surface area contributed by atoms with Gasteiger partial charge in [-0.3, -0.25) is 0 Å². The Bertz CT molecular complexity index is 650. The number of alkyl halides is 3. The van der Waals surface area contributed by atoms with Gasteiger partial charge in [0.25, 0.3) is 0 Å². The molecule has 2 nitrogen and oxygen atoms in total. The Balaban J connectivity index is 2.38. The number of ether oxygens (including phenoxy) is 1. The Kier molecular flexibility index (Phi) is 4.23. The fraction of sp³-hybridized carbons (Fsp3) is 0.250. The third-order valence-corrected chi connectivity index (χ3v) is 3.38. The molecule has 112 valence electrons. The van der Waals surface area contributed by atoms with E-state index < -0.39 is 11.7 Å². The van der Waals surface area contributed by atoms with Crippen LogP contribution in [0.15, 0.2) is 36.4 Å². The number of benzene rings is 2. The zero-order valence-electron chi connectivity index (χ0n) is 11.8. The number of nitrogens with two attached hydrogens (primary N) is 1. The van der Waals surface area contributed by atoms with Crippen LogP contribution in [0.25, 0.3) is 0 Å². The largest absolute Gasteiger partial charge is 0.457 e. The van der Waals surface area contributed by atoms with Crippen LogP contribution in [0.1, 0.15) is 22.3 Å². The van der Waals surface area contributed by atoms with E-state index in [-0.39, 0.29) is 6.54 Å². The SMILES string of the molecule is Cc1cccc(Oc2ccc(C(F)(F)F)cc2CN)c1C. The zero-order chi connectivity index (χ0) is 15.6. The number of aryl methyl sites for hydroxylation is 1. The molecule has 0 amide bonds. The van der Waals surface area contributed by atoms with Gasteiger partial charge in [0.05, 0.1) is 5.56 Å². The summed E-state index contributed by atoms with van der Waals surface area (Å²) in [5.74, 6) is 0.962. The summed E-state index contributed by atoms with van der Waals surface area (Å²) in [6.07, 6.45) is -4.39. The maximum Gasteiger partial charge on any atom is 0.416 e. The molecule has 2 aromatic carbocycles. The van der Waals surface area contributed by atoms with Gasteiger partial charge in [-0.1, -0.05) is 12.1 Å². The molecular weight excluding hydrogens is 279 g/mol. The average molecular weight is 295 g/mol. The molecule has 0 unspecified atom stereocenters. The molecule has 2 rings (SSSR count). The molecule has 0 aliphatic rings. The van der Waals surface area contributed by atoms with E-state index in [0.29, 0.717) is 17.1 Å². The fourth-order valence-electron chi connectivity index (χ4n) is 1.97. The lowest BCUT2D eigenvalue weighted by molar-refractivity contribution is -0.137. The fourth-order valence-corrected chi connectivity index (χ4v) is 1.97. The number of hydrogen-bond acceptors (Lipinski definition) is 2. The molecule has 0 fully saturated rings. The van der Waals surface area contributed by atoms with Gasteiger partial charge >= 0.3 is 6.18 Å². The molecule has 0 atom stereocenters. The lowest BCUT2D eigenvalue weighted by atomic mass is 10.1. The molecule has 0 radical (unpaired) electrons. The van der Waals surface area contributed by atoms with Crippen LogP contribution < -0.4 is 10.5 Å². The van der Waals surface area contributed by atoms with E-state index in [4.69, 9.17) is 10.5 Å². The van der Waals surface area contributed by atoms with Gasteiger partial charge in [-0.05, 0) is 49.2 Å². The van der Waals surface area contributed by atoms with Crippen molar-refractivity contribution in [2.24, 2.45) is 5.73 Å². The van der Waals surface area contributed by atoms with Gasteiger partial charge in [0.2, 0.25) is 0 Å². The Morgan fingerprint density at radius 2 is 1.76 bits per heavy atom. The summed E-state index contributed by atoms with van der Waals surface area (Å²) in [6, 6.07) is 8.90. The van der Waals surface area contributed by atoms with Crippen molar-refractivity contribution in [2.75, 3.05) is 0 Å². The molecule has 0 aromatic heterocycles. The van der Waals surface area contributed by atoms with Crippen LogP contribution >= 0.6 is 0 Å². The Hall–Kier alpha value is -2.01. The van der Waals surface area contributed by atoms with E-state index in [9.17, 15) is 13.2 Å². The van der Waals surface area contributed by atoms with Gasteiger partial charge in [0.1, 0.15) is 11.5 Å². The normalized spacial score (nSPS) is 11.5. The summed E-state index contributed by atoms with van der Waals surface area (Å²) in [5, 5.41) is 0. The van der Waals surface area contributed by atoms with Crippen molar-refractivity contribution in [3.05, 3.63) is 58.7 Å². The van der Waals surface area contributed by atoms with E-state index in [1.165, 1.54) is 6.07 Å². The smallest absolute Gasteiger partial charge is 0.416 e. The number of rotatable bonds is 3. The number of hydrogen-bond donors (Lipinski definition) is 1. The van der Waals surface area contributed by atoms with Crippen molar-refractivity contribution in [2.45, 2.75) is 26.6 Å². The van der Waals surface area contributed by atoms with Gasteiger partial charge < -0.3 is 10.5 Å². The number of halogens is 3. The van der Waals surface area contributed by atoms with Crippen LogP contribution in [0.4, 0.5) is 13.2 Å². The summed E-state index contributed by atoms with van der Waals surface area (Å²) in [7, 11) is 0. The van der Waals surface area contributed by atoms with Crippen LogP contribution in [0.3, 0.4) is 0 Å². The first-order chi connectivity index (χ1) is 9.82. The maximum absolute atomic E-state index is 12.7. The molecule has 0 saturated carbocycles. The highest BCUT2D eigenvalue weighted by Gasteiger charge is 2.31. The van der Waals surface area contributed by atoms with Crippen LogP contribution in [-0.2, 0) is 12.7 Å². The first-order valence-corrected chi connectivity index (χ1v) is 6.47. The first-order valence-electron chi connectivity index (χ1n) is 6.47. The van der Waals surface area contributed by atoms with Crippen LogP contribution in [0, 0.1) is 13.8 Å². The molecule has 0 spiro atoms. The van der Waals surface area contributed by atoms with E-state index in [0.717, 1.165) is 23.3 Å². The minimum absolute atomic E-state index is 0.0237. The molecule has 0 bridgehead atoms. The second-order valence-electron chi connectivity index (χ2n) is 4.82. The maximum atomic E-state index is 12.7. The third-order valence-electron chi connectivity index (χ3n) is 3.38. The van der Waals surface area contributed by atoms with Gasteiger partial charge in [-0.25, -0.2) is 0 Å². The first kappa shape index (κ1) is 15.4. The molecule has 21 heavy (non-hydrogen) atoms. The molecular formula is C16H16F3NO. The van der Waals surface area contributed by atoms with Crippen molar-refractivity contribution in [3.63, 3.8) is 0 Å². The van der Waals surface area contributed by atoms with Crippen LogP contribution in [-0.4, -0.2) is 0 Å². The second-order valence-corrected chi connectivity index (χ2v) is 4.82. The van der Waals surface area contributed by atoms with Gasteiger partial charge in [-0.15, -0.1) is 0 Å². The molecule has 5 heteroatoms. The highest BCUT2D eigenvalue weighted by Crippen LogP contribution is 2.35. The third kappa shape index (κ3) is 3.36. The summed E-state index contributed by atoms with van der Waals surface area (Å²) in [4.78, 5) is 0. The quantitative estimate of drug-likeness (QED) is 0.900. The summed E-state index contributed by atoms with van der Waals surface area (Å²) >= 11 is 0. The van der Waals surface area contributed by atoms with E-state index in [1.54, 1.807) is 6.07 Å². The van der Waals surface area contributed by atoms with Crippen LogP contribution in [0.2, 0.25) is 0 Å². The topological polar surface area (TPSA) is 35.2 Å². The highest BCUT2D eigenvalue weighted by atomic mass is 19.4. The summed E-state index contributed by atoms with van der Waals surface area (Å²) in [6.45, 7) is 3.82. The lowest BCUT2D eigenvalue weighted by Gasteiger charge is -2.15. The van der Waals surface area contributed by atoms with Crippen molar-refractivity contribution >= 4 is 0 Å². The predicted molar refractivity (Wildman–Crippen MR) is 75.3 cm³/mol. The standard InChI is InChI=1S/C16H16F3NO/c1-10-4-3-5-14(11(10)2)21-15-7-6-13(16(17,18)19)8-12(15)9-20/h3-8H,9,20H2,1-2H3. The minimum atomic E-state index is -4.39. The molecule has 0 saturated heterocycles. The van der Waals surface area contributed by atoms with Crippen molar-refractivity contribution < 1.29 is 17.9 Å². The average Bonchev–Trinajstić information content (AvgIpc) is 2.43. The Labute approximate surface area is 121 Å². The van der Waals surface area contributed by atoms with E-state index in [2.05, 4.69) is 0 Å². The van der Waals surface area contributed by atoms with Crippen molar-refractivity contribution in [3.8, 4) is 11.5 Å². The lowest BCUT2D eigenvalue weighted by Crippen LogP contribution is -2.08. The summed E-state index contributed by atoms with van der Waals surface area (Å²) in [5.41, 5.74) is 7.13. The van der Waals surface area contributed by atoms with Crippen molar-refractivity contribution in [1.29, 1.82) is 0 Å². The van der Waals surface area contributed by atoms with Crippen molar-refractivity contribution in [1.82, 2.24) is 0 Å². The molecule has 0 heterocycles. The Morgan fingerprint density at radius 3 is 2.38 bits per heavy atom. The predicted octanol–water partition coefficient (Wildman–Crippen LogP) is 4.57. The minimum Gasteiger partial charge on any atom is -0.457 e. The zero-order valence-corrected chi connectivity index (χ0v) is 11.8. The molecule has 0 aliphatic heterocycles. The van der Waals surface area contributed by atoms with Crippen LogP contribution in [0.5, 0.6) is 11.5 Å².